The minimum atomic E-state index is -0.759. The van der Waals surface area contributed by atoms with Crippen molar-refractivity contribution in [3.05, 3.63) is 68.7 Å². The third-order valence-corrected chi connectivity index (χ3v) is 6.92. The van der Waals surface area contributed by atoms with Crippen LogP contribution in [0.15, 0.2) is 42.0 Å². The van der Waals surface area contributed by atoms with Crippen LogP contribution in [0.25, 0.3) is 5.76 Å². The number of amides is 1. The zero-order valence-electron chi connectivity index (χ0n) is 19.3. The van der Waals surface area contributed by atoms with E-state index in [1.54, 1.807) is 0 Å². The maximum Gasteiger partial charge on any atom is 0.295 e. The van der Waals surface area contributed by atoms with Gasteiger partial charge in [-0.2, -0.15) is 0 Å². The number of nitrogens with zero attached hydrogens (tertiary/aromatic N) is 1. The fourth-order valence-corrected chi connectivity index (χ4v) is 5.17. The molecule has 0 aromatic heterocycles. The molecule has 0 radical (unpaired) electrons. The highest BCUT2D eigenvalue weighted by Crippen LogP contribution is 2.42. The number of ketones is 1. The summed E-state index contributed by atoms with van der Waals surface area (Å²) in [4.78, 5) is 27.9. The topological polar surface area (TPSA) is 76.1 Å². The predicted molar refractivity (Wildman–Crippen MR) is 132 cm³/mol. The van der Waals surface area contributed by atoms with Gasteiger partial charge < -0.3 is 19.5 Å². The van der Waals surface area contributed by atoms with Crippen molar-refractivity contribution in [2.75, 3.05) is 20.3 Å². The molecule has 2 aromatic rings. The Labute approximate surface area is 209 Å². The summed E-state index contributed by atoms with van der Waals surface area (Å²) in [5.74, 6) is -1.16. The molecule has 1 amide bonds. The van der Waals surface area contributed by atoms with E-state index >= 15 is 0 Å². The van der Waals surface area contributed by atoms with Gasteiger partial charge in [0, 0.05) is 18.7 Å². The van der Waals surface area contributed by atoms with Gasteiger partial charge in [-0.3, -0.25) is 9.59 Å². The van der Waals surface area contributed by atoms with Gasteiger partial charge in [-0.15, -0.1) is 0 Å². The Morgan fingerprint density at radius 1 is 1.18 bits per heavy atom. The largest absolute Gasteiger partial charge is 0.507 e. The summed E-state index contributed by atoms with van der Waals surface area (Å²) in [5.41, 5.74) is 2.09. The highest BCUT2D eigenvalue weighted by Gasteiger charge is 2.47. The minimum Gasteiger partial charge on any atom is -0.507 e. The van der Waals surface area contributed by atoms with E-state index in [4.69, 9.17) is 32.7 Å². The summed E-state index contributed by atoms with van der Waals surface area (Å²) in [5, 5.41) is 11.6. The van der Waals surface area contributed by atoms with Crippen molar-refractivity contribution in [2.24, 2.45) is 0 Å². The summed E-state index contributed by atoms with van der Waals surface area (Å²) in [6.45, 7) is 5.08. The molecule has 0 spiro atoms. The fraction of sp³-hybridized carbons (Fsp3) is 0.385. The number of rotatable bonds is 6. The molecular formula is C26H27Cl2NO5. The molecule has 6 nitrogen and oxygen atoms in total. The maximum absolute atomic E-state index is 13.2. The monoisotopic (exact) mass is 503 g/mol. The number of carbonyl (C=O) groups is 2. The Balaban J connectivity index is 1.84. The lowest BCUT2D eigenvalue weighted by Gasteiger charge is -2.27. The van der Waals surface area contributed by atoms with Crippen molar-refractivity contribution < 1.29 is 24.2 Å². The van der Waals surface area contributed by atoms with Crippen LogP contribution in [-0.2, 0) is 14.3 Å². The lowest BCUT2D eigenvalue weighted by atomic mass is 9.93. The molecule has 180 valence electrons. The number of benzene rings is 2. The first-order valence-electron chi connectivity index (χ1n) is 11.3. The van der Waals surface area contributed by atoms with Crippen LogP contribution >= 0.6 is 23.2 Å². The molecule has 2 unspecified atom stereocenters. The quantitative estimate of drug-likeness (QED) is 0.309. The van der Waals surface area contributed by atoms with Crippen molar-refractivity contribution in [1.29, 1.82) is 0 Å². The van der Waals surface area contributed by atoms with E-state index in [1.807, 2.05) is 24.3 Å². The molecule has 2 heterocycles. The van der Waals surface area contributed by atoms with Crippen LogP contribution in [-0.4, -0.2) is 48.1 Å². The number of likely N-dealkylation sites (tertiary alicyclic amines) is 1. The molecule has 2 saturated heterocycles. The molecule has 0 saturated carbocycles. The summed E-state index contributed by atoms with van der Waals surface area (Å²) in [7, 11) is 1.43. The van der Waals surface area contributed by atoms with E-state index in [2.05, 4.69) is 13.8 Å². The molecule has 2 fully saturated rings. The van der Waals surface area contributed by atoms with E-state index in [0.29, 0.717) is 12.5 Å². The average Bonchev–Trinajstić information content (AvgIpc) is 3.41. The van der Waals surface area contributed by atoms with Gasteiger partial charge in [-0.1, -0.05) is 61.3 Å². The SMILES string of the molecule is COc1c(Cl)cc(/C(O)=C2\C(=O)C(=O)N(CC3CCCO3)C2c2ccc(C(C)C)cc2)cc1Cl. The lowest BCUT2D eigenvalue weighted by molar-refractivity contribution is -0.140. The number of aliphatic hydroxyl groups excluding tert-OH is 1. The normalized spacial score (nSPS) is 22.1. The Morgan fingerprint density at radius 2 is 1.82 bits per heavy atom. The van der Waals surface area contributed by atoms with Crippen LogP contribution in [0.5, 0.6) is 5.75 Å². The molecule has 34 heavy (non-hydrogen) atoms. The summed E-state index contributed by atoms with van der Waals surface area (Å²) < 4.78 is 10.9. The number of hydrogen-bond donors (Lipinski definition) is 1. The Bertz CT molecular complexity index is 1110. The molecule has 1 N–H and O–H groups in total. The van der Waals surface area contributed by atoms with Gasteiger partial charge in [-0.25, -0.2) is 0 Å². The molecule has 0 aliphatic carbocycles. The van der Waals surface area contributed by atoms with E-state index < -0.39 is 17.7 Å². The van der Waals surface area contributed by atoms with Crippen LogP contribution < -0.4 is 4.74 Å². The molecule has 2 aliphatic heterocycles. The zero-order chi connectivity index (χ0) is 24.6. The van der Waals surface area contributed by atoms with Crippen LogP contribution in [0, 0.1) is 0 Å². The first-order valence-corrected chi connectivity index (χ1v) is 12.0. The highest BCUT2D eigenvalue weighted by atomic mass is 35.5. The Morgan fingerprint density at radius 3 is 2.35 bits per heavy atom. The van der Waals surface area contributed by atoms with E-state index in [9.17, 15) is 14.7 Å². The second kappa shape index (κ2) is 9.98. The van der Waals surface area contributed by atoms with Gasteiger partial charge in [0.2, 0.25) is 0 Å². The number of Topliss-reactive ketones (excluding diaryl/α,β-unsaturated/α-hetero) is 1. The second-order valence-electron chi connectivity index (χ2n) is 8.88. The first kappa shape index (κ1) is 24.6. The van der Waals surface area contributed by atoms with Gasteiger partial charge in [0.1, 0.15) is 5.76 Å². The zero-order valence-corrected chi connectivity index (χ0v) is 20.8. The van der Waals surface area contributed by atoms with E-state index in [-0.39, 0.29) is 45.3 Å². The third-order valence-electron chi connectivity index (χ3n) is 6.36. The van der Waals surface area contributed by atoms with Crippen LogP contribution in [0.4, 0.5) is 0 Å². The van der Waals surface area contributed by atoms with Crippen LogP contribution in [0.1, 0.15) is 55.3 Å². The molecule has 0 bridgehead atoms. The summed E-state index contributed by atoms with van der Waals surface area (Å²) in [6, 6.07) is 9.93. The molecule has 4 rings (SSSR count). The number of methoxy groups -OCH3 is 1. The number of carbonyl (C=O) groups excluding carboxylic acids is 2. The van der Waals surface area contributed by atoms with Crippen molar-refractivity contribution in [3.8, 4) is 5.75 Å². The number of halogens is 2. The average molecular weight is 504 g/mol. The fourth-order valence-electron chi connectivity index (χ4n) is 4.53. The molecule has 2 atom stereocenters. The lowest BCUT2D eigenvalue weighted by Crippen LogP contribution is -2.36. The van der Waals surface area contributed by atoms with Crippen molar-refractivity contribution in [1.82, 2.24) is 4.90 Å². The van der Waals surface area contributed by atoms with Gasteiger partial charge in [0.05, 0.1) is 34.9 Å². The second-order valence-corrected chi connectivity index (χ2v) is 9.70. The predicted octanol–water partition coefficient (Wildman–Crippen LogP) is 5.73. The van der Waals surface area contributed by atoms with Gasteiger partial charge in [-0.05, 0) is 42.0 Å². The van der Waals surface area contributed by atoms with Crippen molar-refractivity contribution in [2.45, 2.75) is 44.8 Å². The molecule has 2 aliphatic rings. The Hall–Kier alpha value is -2.54. The number of aliphatic hydroxyl groups is 1. The van der Waals surface area contributed by atoms with Gasteiger partial charge in [0.15, 0.2) is 5.75 Å². The summed E-state index contributed by atoms with van der Waals surface area (Å²) >= 11 is 12.5. The number of hydrogen-bond acceptors (Lipinski definition) is 5. The molecule has 8 heteroatoms. The van der Waals surface area contributed by atoms with Crippen LogP contribution in [0.3, 0.4) is 0 Å². The van der Waals surface area contributed by atoms with Crippen LogP contribution in [0.2, 0.25) is 10.0 Å². The van der Waals surface area contributed by atoms with E-state index in [1.165, 1.54) is 24.1 Å². The van der Waals surface area contributed by atoms with Crippen molar-refractivity contribution in [3.63, 3.8) is 0 Å². The van der Waals surface area contributed by atoms with E-state index in [0.717, 1.165) is 24.0 Å². The highest BCUT2D eigenvalue weighted by molar-refractivity contribution is 6.46. The van der Waals surface area contributed by atoms with Gasteiger partial charge >= 0.3 is 0 Å². The maximum atomic E-state index is 13.2. The van der Waals surface area contributed by atoms with Gasteiger partial charge in [0.25, 0.3) is 11.7 Å². The Kier molecular flexibility index (Phi) is 7.22. The first-order chi connectivity index (χ1) is 16.2. The van der Waals surface area contributed by atoms with Crippen molar-refractivity contribution >= 4 is 40.7 Å². The molecule has 2 aromatic carbocycles. The third kappa shape index (κ3) is 4.54. The smallest absolute Gasteiger partial charge is 0.295 e. The minimum absolute atomic E-state index is 0.00223. The standard InChI is InChI=1S/C26H27Cl2NO5/c1-14(2)15-6-8-16(9-7-15)22-21(23(30)17-11-19(27)25(33-3)20(28)12-17)24(31)26(32)29(22)13-18-5-4-10-34-18/h6-9,11-12,14,18,22,30H,4-5,10,13H2,1-3H3/b23-21+. The number of ether oxygens (including phenoxy) is 2. The molecular weight excluding hydrogens is 477 g/mol. The summed E-state index contributed by atoms with van der Waals surface area (Å²) in [6.07, 6.45) is 1.57.